The highest BCUT2D eigenvalue weighted by atomic mass is 16.5. The minimum atomic E-state index is 0.404. The fraction of sp³-hybridized carbons (Fsp3) is 0.600. The van der Waals surface area contributed by atoms with Crippen LogP contribution in [-0.4, -0.2) is 19.8 Å². The van der Waals surface area contributed by atoms with E-state index >= 15 is 0 Å². The van der Waals surface area contributed by atoms with Gasteiger partial charge in [0, 0.05) is 12.0 Å². The molecule has 0 saturated carbocycles. The van der Waals surface area contributed by atoms with Crippen LogP contribution in [-0.2, 0) is 4.74 Å². The lowest BCUT2D eigenvalue weighted by Crippen LogP contribution is -2.26. The van der Waals surface area contributed by atoms with Crippen molar-refractivity contribution in [2.45, 2.75) is 39.3 Å². The lowest BCUT2D eigenvalue weighted by Gasteiger charge is -2.24. The molecule has 3 unspecified atom stereocenters. The predicted molar refractivity (Wildman–Crippen MR) is 71.2 cm³/mol. The van der Waals surface area contributed by atoms with Crippen LogP contribution in [0.4, 0.5) is 0 Å². The minimum Gasteiger partial charge on any atom is -0.378 e. The first-order chi connectivity index (χ1) is 8.11. The molecule has 1 fully saturated rings. The first-order valence-corrected chi connectivity index (χ1v) is 6.48. The molecule has 1 saturated heterocycles. The van der Waals surface area contributed by atoms with Crippen LogP contribution in [0, 0.1) is 19.8 Å². The van der Waals surface area contributed by atoms with E-state index in [4.69, 9.17) is 4.74 Å². The summed E-state index contributed by atoms with van der Waals surface area (Å²) in [6.07, 6.45) is 1.56. The van der Waals surface area contributed by atoms with E-state index < -0.39 is 0 Å². The SMILES string of the molecule is CNC(c1cc(C)ccc1C)C1COC(C)C1. The van der Waals surface area contributed by atoms with Gasteiger partial charge in [0.25, 0.3) is 0 Å². The standard InChI is InChI=1S/C15H23NO/c1-10-5-6-11(2)14(7-10)15(16-4)13-8-12(3)17-9-13/h5-7,12-13,15-16H,8-9H2,1-4H3. The Morgan fingerprint density at radius 3 is 2.71 bits per heavy atom. The smallest absolute Gasteiger partial charge is 0.0551 e. The molecule has 0 spiro atoms. The van der Waals surface area contributed by atoms with Gasteiger partial charge < -0.3 is 10.1 Å². The maximum Gasteiger partial charge on any atom is 0.0551 e. The van der Waals surface area contributed by atoms with E-state index in [2.05, 4.69) is 51.3 Å². The maximum atomic E-state index is 5.70. The molecule has 1 aliphatic rings. The molecular formula is C15H23NO. The third-order valence-corrected chi connectivity index (χ3v) is 3.78. The number of nitrogens with one attached hydrogen (secondary N) is 1. The van der Waals surface area contributed by atoms with Crippen molar-refractivity contribution in [2.24, 2.45) is 5.92 Å². The molecule has 0 bridgehead atoms. The second-order valence-corrected chi connectivity index (χ2v) is 5.27. The molecule has 0 amide bonds. The van der Waals surface area contributed by atoms with Gasteiger partial charge >= 0.3 is 0 Å². The number of hydrogen-bond donors (Lipinski definition) is 1. The second kappa shape index (κ2) is 5.19. The molecule has 1 N–H and O–H groups in total. The molecule has 2 nitrogen and oxygen atoms in total. The van der Waals surface area contributed by atoms with Crippen LogP contribution in [0.2, 0.25) is 0 Å². The first-order valence-electron chi connectivity index (χ1n) is 6.48. The fourth-order valence-electron chi connectivity index (χ4n) is 2.82. The third kappa shape index (κ3) is 2.70. The van der Waals surface area contributed by atoms with Gasteiger partial charge in [-0.15, -0.1) is 0 Å². The van der Waals surface area contributed by atoms with Crippen molar-refractivity contribution in [2.75, 3.05) is 13.7 Å². The zero-order chi connectivity index (χ0) is 12.4. The molecule has 2 heteroatoms. The van der Waals surface area contributed by atoms with E-state index in [1.165, 1.54) is 16.7 Å². The van der Waals surface area contributed by atoms with E-state index in [-0.39, 0.29) is 0 Å². The molecule has 0 radical (unpaired) electrons. The summed E-state index contributed by atoms with van der Waals surface area (Å²) in [5.74, 6) is 0.593. The average molecular weight is 233 g/mol. The highest BCUT2D eigenvalue weighted by Gasteiger charge is 2.30. The molecule has 1 aromatic rings. The van der Waals surface area contributed by atoms with Crippen LogP contribution in [0.25, 0.3) is 0 Å². The molecule has 1 aliphatic heterocycles. The van der Waals surface area contributed by atoms with Gasteiger partial charge in [0.15, 0.2) is 0 Å². The molecule has 2 rings (SSSR count). The van der Waals surface area contributed by atoms with E-state index in [9.17, 15) is 0 Å². The third-order valence-electron chi connectivity index (χ3n) is 3.78. The average Bonchev–Trinajstić information content (AvgIpc) is 2.71. The molecule has 1 heterocycles. The number of rotatable bonds is 3. The fourth-order valence-corrected chi connectivity index (χ4v) is 2.82. The summed E-state index contributed by atoms with van der Waals surface area (Å²) in [6.45, 7) is 7.39. The maximum absolute atomic E-state index is 5.70. The Balaban J connectivity index is 2.25. The molecule has 0 aliphatic carbocycles. The minimum absolute atomic E-state index is 0.404. The Bertz CT molecular complexity index is 389. The van der Waals surface area contributed by atoms with E-state index in [0.717, 1.165) is 13.0 Å². The summed E-state index contributed by atoms with van der Waals surface area (Å²) in [4.78, 5) is 0. The number of ether oxygens (including phenoxy) is 1. The van der Waals surface area contributed by atoms with E-state index in [0.29, 0.717) is 18.1 Å². The Hall–Kier alpha value is -0.860. The Morgan fingerprint density at radius 2 is 2.12 bits per heavy atom. The Morgan fingerprint density at radius 1 is 1.35 bits per heavy atom. The van der Waals surface area contributed by atoms with Gasteiger partial charge in [-0.25, -0.2) is 0 Å². The van der Waals surface area contributed by atoms with Crippen LogP contribution in [0.15, 0.2) is 18.2 Å². The lowest BCUT2D eigenvalue weighted by atomic mass is 9.88. The van der Waals surface area contributed by atoms with Gasteiger partial charge in [0.2, 0.25) is 0 Å². The zero-order valence-electron chi connectivity index (χ0n) is 11.3. The summed E-state index contributed by atoms with van der Waals surface area (Å²) in [7, 11) is 2.05. The van der Waals surface area contributed by atoms with Crippen LogP contribution < -0.4 is 5.32 Å². The number of aryl methyl sites for hydroxylation is 2. The molecule has 94 valence electrons. The van der Waals surface area contributed by atoms with Crippen LogP contribution in [0.3, 0.4) is 0 Å². The largest absolute Gasteiger partial charge is 0.378 e. The van der Waals surface area contributed by atoms with Crippen molar-refractivity contribution in [3.8, 4) is 0 Å². The molecule has 3 atom stereocenters. The number of hydrogen-bond acceptors (Lipinski definition) is 2. The van der Waals surface area contributed by atoms with Crippen molar-refractivity contribution >= 4 is 0 Å². The van der Waals surface area contributed by atoms with Gasteiger partial charge in [-0.1, -0.05) is 23.8 Å². The van der Waals surface area contributed by atoms with Crippen molar-refractivity contribution < 1.29 is 4.74 Å². The van der Waals surface area contributed by atoms with Crippen molar-refractivity contribution in [1.29, 1.82) is 0 Å². The summed E-state index contributed by atoms with van der Waals surface area (Å²) in [5.41, 5.74) is 4.13. The Labute approximate surface area is 104 Å². The lowest BCUT2D eigenvalue weighted by molar-refractivity contribution is 0.117. The quantitative estimate of drug-likeness (QED) is 0.866. The van der Waals surface area contributed by atoms with E-state index in [1.54, 1.807) is 0 Å². The molecule has 1 aromatic carbocycles. The summed E-state index contributed by atoms with van der Waals surface area (Å²) in [5, 5.41) is 3.47. The van der Waals surface area contributed by atoms with Gasteiger partial charge in [-0.2, -0.15) is 0 Å². The van der Waals surface area contributed by atoms with Crippen LogP contribution in [0.1, 0.15) is 36.1 Å². The van der Waals surface area contributed by atoms with Crippen molar-refractivity contribution in [3.05, 3.63) is 34.9 Å². The Kier molecular flexibility index (Phi) is 3.85. The van der Waals surface area contributed by atoms with E-state index in [1.807, 2.05) is 0 Å². The van der Waals surface area contributed by atoms with Gasteiger partial charge in [0.05, 0.1) is 12.7 Å². The highest BCUT2D eigenvalue weighted by molar-refractivity contribution is 5.33. The van der Waals surface area contributed by atoms with Gasteiger partial charge in [0.1, 0.15) is 0 Å². The first kappa shape index (κ1) is 12.6. The summed E-state index contributed by atoms with van der Waals surface area (Å²) < 4.78 is 5.70. The topological polar surface area (TPSA) is 21.3 Å². The second-order valence-electron chi connectivity index (χ2n) is 5.27. The van der Waals surface area contributed by atoms with Crippen molar-refractivity contribution in [1.82, 2.24) is 5.32 Å². The predicted octanol–water partition coefficient (Wildman–Crippen LogP) is 2.99. The highest BCUT2D eigenvalue weighted by Crippen LogP contribution is 2.33. The molecule has 17 heavy (non-hydrogen) atoms. The monoisotopic (exact) mass is 233 g/mol. The summed E-state index contributed by atoms with van der Waals surface area (Å²) in [6, 6.07) is 7.12. The number of benzene rings is 1. The molecular weight excluding hydrogens is 210 g/mol. The molecule has 0 aromatic heterocycles. The normalized spacial score (nSPS) is 26.1. The summed E-state index contributed by atoms with van der Waals surface area (Å²) >= 11 is 0. The van der Waals surface area contributed by atoms with Gasteiger partial charge in [-0.05, 0) is 45.4 Å². The zero-order valence-corrected chi connectivity index (χ0v) is 11.3. The van der Waals surface area contributed by atoms with Crippen LogP contribution >= 0.6 is 0 Å². The van der Waals surface area contributed by atoms with Gasteiger partial charge in [-0.3, -0.25) is 0 Å². The van der Waals surface area contributed by atoms with Crippen LogP contribution in [0.5, 0.6) is 0 Å². The van der Waals surface area contributed by atoms with Crippen molar-refractivity contribution in [3.63, 3.8) is 0 Å².